The summed E-state index contributed by atoms with van der Waals surface area (Å²) in [6, 6.07) is 10.3. The number of aryl methyl sites for hydroxylation is 1. The topological polar surface area (TPSA) is 113 Å². The van der Waals surface area contributed by atoms with Gasteiger partial charge in [-0.05, 0) is 56.7 Å². The third kappa shape index (κ3) is 5.44. The van der Waals surface area contributed by atoms with Gasteiger partial charge in [-0.15, -0.1) is 0 Å². The zero-order chi connectivity index (χ0) is 24.6. The fraction of sp³-hybridized carbons (Fsp3) is 0.409. The van der Waals surface area contributed by atoms with Gasteiger partial charge >= 0.3 is 0 Å². The van der Waals surface area contributed by atoms with E-state index in [9.17, 15) is 21.6 Å². The molecule has 0 bridgehead atoms. The fourth-order valence-electron chi connectivity index (χ4n) is 3.58. The molecule has 2 aromatic rings. The molecule has 1 fully saturated rings. The number of anilines is 1. The van der Waals surface area contributed by atoms with E-state index in [1.165, 1.54) is 54.8 Å². The summed E-state index contributed by atoms with van der Waals surface area (Å²) in [5, 5.41) is 2.70. The van der Waals surface area contributed by atoms with Crippen LogP contribution in [-0.2, 0) is 24.8 Å². The van der Waals surface area contributed by atoms with Crippen LogP contribution in [0.3, 0.4) is 0 Å². The first-order valence-corrected chi connectivity index (χ1v) is 13.3. The molecule has 33 heavy (non-hydrogen) atoms. The highest BCUT2D eigenvalue weighted by Crippen LogP contribution is 2.25. The molecule has 1 heterocycles. The number of sulfonamides is 2. The lowest BCUT2D eigenvalue weighted by atomic mass is 10.1. The molecule has 1 aliphatic rings. The van der Waals surface area contributed by atoms with Crippen molar-refractivity contribution in [3.63, 3.8) is 0 Å². The first-order chi connectivity index (χ1) is 15.3. The van der Waals surface area contributed by atoms with Crippen LogP contribution in [0.15, 0.2) is 52.3 Å². The minimum Gasteiger partial charge on any atom is -0.373 e. The molecule has 0 radical (unpaired) electrons. The van der Waals surface area contributed by atoms with Gasteiger partial charge in [-0.1, -0.05) is 12.1 Å². The summed E-state index contributed by atoms with van der Waals surface area (Å²) >= 11 is 0. The van der Waals surface area contributed by atoms with E-state index < -0.39 is 26.0 Å². The highest BCUT2D eigenvalue weighted by atomic mass is 32.2. The lowest BCUT2D eigenvalue weighted by Gasteiger charge is -2.34. The molecule has 2 atom stereocenters. The van der Waals surface area contributed by atoms with E-state index in [1.807, 2.05) is 13.8 Å². The van der Waals surface area contributed by atoms with Crippen LogP contribution >= 0.6 is 0 Å². The number of morpholine rings is 1. The largest absolute Gasteiger partial charge is 0.373 e. The number of carbonyl (C=O) groups is 1. The van der Waals surface area contributed by atoms with Gasteiger partial charge in [0.25, 0.3) is 5.91 Å². The van der Waals surface area contributed by atoms with Crippen LogP contribution in [-0.4, -0.2) is 70.7 Å². The van der Waals surface area contributed by atoms with Gasteiger partial charge in [-0.25, -0.2) is 21.1 Å². The number of hydrogen-bond donors (Lipinski definition) is 1. The van der Waals surface area contributed by atoms with Crippen molar-refractivity contribution in [3.8, 4) is 0 Å². The average Bonchev–Trinajstić information content (AvgIpc) is 2.74. The number of hydrogen-bond acceptors (Lipinski definition) is 6. The Morgan fingerprint density at radius 1 is 1.00 bits per heavy atom. The van der Waals surface area contributed by atoms with Gasteiger partial charge in [0.05, 0.1) is 22.0 Å². The van der Waals surface area contributed by atoms with E-state index in [0.717, 1.165) is 4.31 Å². The van der Waals surface area contributed by atoms with Crippen molar-refractivity contribution in [2.45, 2.75) is 42.8 Å². The van der Waals surface area contributed by atoms with Crippen LogP contribution in [0.25, 0.3) is 0 Å². The molecule has 1 amide bonds. The Hall–Kier alpha value is -2.31. The maximum absolute atomic E-state index is 13.2. The van der Waals surface area contributed by atoms with Crippen LogP contribution in [0.2, 0.25) is 0 Å². The summed E-state index contributed by atoms with van der Waals surface area (Å²) in [7, 11) is -4.64. The average molecular weight is 496 g/mol. The predicted octanol–water partition coefficient (Wildman–Crippen LogP) is 2.30. The Bertz CT molecular complexity index is 1250. The molecule has 0 saturated carbocycles. The maximum atomic E-state index is 13.2. The van der Waals surface area contributed by atoms with Gasteiger partial charge < -0.3 is 10.1 Å². The van der Waals surface area contributed by atoms with Crippen molar-refractivity contribution in [1.29, 1.82) is 0 Å². The second-order valence-electron chi connectivity index (χ2n) is 8.33. The second-order valence-corrected chi connectivity index (χ2v) is 12.4. The van der Waals surface area contributed by atoms with E-state index in [1.54, 1.807) is 13.0 Å². The van der Waals surface area contributed by atoms with Crippen molar-refractivity contribution < 1.29 is 26.4 Å². The van der Waals surface area contributed by atoms with Crippen molar-refractivity contribution in [3.05, 3.63) is 53.6 Å². The van der Waals surface area contributed by atoms with Crippen LogP contribution in [0.4, 0.5) is 5.69 Å². The SMILES string of the molecule is Cc1ccc(S(=O)(=O)N(C)C)cc1NC(=O)c1cccc(S(=O)(=O)N2CC(C)OC(C)C2)c1. The third-order valence-corrected chi connectivity index (χ3v) is 8.99. The lowest BCUT2D eigenvalue weighted by molar-refractivity contribution is -0.0440. The molecular formula is C22H29N3O6S2. The Morgan fingerprint density at radius 3 is 2.24 bits per heavy atom. The van der Waals surface area contributed by atoms with Crippen LogP contribution in [0.1, 0.15) is 29.8 Å². The second kappa shape index (κ2) is 9.51. The van der Waals surface area contributed by atoms with Gasteiger partial charge in [-0.2, -0.15) is 4.31 Å². The summed E-state index contributed by atoms with van der Waals surface area (Å²) in [5.41, 5.74) is 1.14. The van der Waals surface area contributed by atoms with Crippen molar-refractivity contribution in [1.82, 2.24) is 8.61 Å². The quantitative estimate of drug-likeness (QED) is 0.658. The molecule has 2 unspecified atom stereocenters. The molecule has 1 N–H and O–H groups in total. The minimum atomic E-state index is -3.81. The zero-order valence-corrected chi connectivity index (χ0v) is 20.9. The first-order valence-electron chi connectivity index (χ1n) is 10.4. The van der Waals surface area contributed by atoms with E-state index in [4.69, 9.17) is 4.74 Å². The van der Waals surface area contributed by atoms with Crippen molar-refractivity contribution >= 4 is 31.6 Å². The molecule has 2 aromatic carbocycles. The standard InChI is InChI=1S/C22H29N3O6S2/c1-15-9-10-20(32(27,28)24(4)5)12-21(15)23-22(26)18-7-6-8-19(11-18)33(29,30)25-13-16(2)31-17(3)14-25/h6-12,16-17H,13-14H2,1-5H3,(H,23,26). The Kier molecular flexibility index (Phi) is 7.30. The van der Waals surface area contributed by atoms with E-state index >= 15 is 0 Å². The molecule has 0 spiro atoms. The van der Waals surface area contributed by atoms with Crippen molar-refractivity contribution in [2.75, 3.05) is 32.5 Å². The number of benzene rings is 2. The van der Waals surface area contributed by atoms with Gasteiger partial charge in [0.1, 0.15) is 0 Å². The van der Waals surface area contributed by atoms with E-state index in [2.05, 4.69) is 5.32 Å². The van der Waals surface area contributed by atoms with E-state index in [-0.39, 0.29) is 40.7 Å². The molecule has 1 aliphatic heterocycles. The number of ether oxygens (including phenoxy) is 1. The Balaban J connectivity index is 1.88. The number of amides is 1. The molecular weight excluding hydrogens is 466 g/mol. The first kappa shape index (κ1) is 25.3. The van der Waals surface area contributed by atoms with Gasteiger partial charge in [0, 0.05) is 38.4 Å². The normalized spacial score (nSPS) is 20.1. The fourth-order valence-corrected chi connectivity index (χ4v) is 6.14. The monoisotopic (exact) mass is 495 g/mol. The summed E-state index contributed by atoms with van der Waals surface area (Å²) in [4.78, 5) is 13.0. The Morgan fingerprint density at radius 2 is 1.64 bits per heavy atom. The number of nitrogens with one attached hydrogen (secondary N) is 1. The number of rotatable bonds is 6. The number of carbonyl (C=O) groups excluding carboxylic acids is 1. The van der Waals surface area contributed by atoms with Gasteiger partial charge in [-0.3, -0.25) is 4.79 Å². The molecule has 3 rings (SSSR count). The molecule has 9 nitrogen and oxygen atoms in total. The summed E-state index contributed by atoms with van der Waals surface area (Å²) in [5.74, 6) is -0.543. The number of nitrogens with zero attached hydrogens (tertiary/aromatic N) is 2. The van der Waals surface area contributed by atoms with E-state index in [0.29, 0.717) is 11.3 Å². The molecule has 0 aromatic heterocycles. The summed E-state index contributed by atoms with van der Waals surface area (Å²) < 4.78 is 59.2. The predicted molar refractivity (Wildman–Crippen MR) is 125 cm³/mol. The van der Waals surface area contributed by atoms with Crippen molar-refractivity contribution in [2.24, 2.45) is 0 Å². The van der Waals surface area contributed by atoms with Gasteiger partial charge in [0.2, 0.25) is 20.0 Å². The molecule has 0 aliphatic carbocycles. The Labute approximate surface area is 195 Å². The molecule has 180 valence electrons. The van der Waals surface area contributed by atoms with Crippen LogP contribution in [0.5, 0.6) is 0 Å². The van der Waals surface area contributed by atoms with Crippen LogP contribution in [0, 0.1) is 6.92 Å². The molecule has 11 heteroatoms. The maximum Gasteiger partial charge on any atom is 0.255 e. The highest BCUT2D eigenvalue weighted by Gasteiger charge is 2.32. The summed E-state index contributed by atoms with van der Waals surface area (Å²) in [6.07, 6.45) is -0.465. The minimum absolute atomic E-state index is 0.0112. The van der Waals surface area contributed by atoms with Gasteiger partial charge in [0.15, 0.2) is 0 Å². The van der Waals surface area contributed by atoms with Crippen LogP contribution < -0.4 is 5.32 Å². The lowest BCUT2D eigenvalue weighted by Crippen LogP contribution is -2.48. The molecule has 1 saturated heterocycles. The third-order valence-electron chi connectivity index (χ3n) is 5.36. The smallest absolute Gasteiger partial charge is 0.255 e. The zero-order valence-electron chi connectivity index (χ0n) is 19.3. The summed E-state index contributed by atoms with van der Waals surface area (Å²) in [6.45, 7) is 5.83. The highest BCUT2D eigenvalue weighted by molar-refractivity contribution is 7.89.